The van der Waals surface area contributed by atoms with E-state index in [1.54, 1.807) is 0 Å². The second-order valence-electron chi connectivity index (χ2n) is 8.31. The first kappa shape index (κ1) is 17.0. The lowest BCUT2D eigenvalue weighted by Gasteiger charge is -2.39. The first-order chi connectivity index (χ1) is 12.2. The summed E-state index contributed by atoms with van der Waals surface area (Å²) in [7, 11) is 0. The van der Waals surface area contributed by atoms with Crippen molar-refractivity contribution in [3.63, 3.8) is 0 Å². The van der Waals surface area contributed by atoms with E-state index in [0.717, 1.165) is 38.4 Å². The molecular weight excluding hydrogens is 310 g/mol. The van der Waals surface area contributed by atoms with E-state index >= 15 is 0 Å². The summed E-state index contributed by atoms with van der Waals surface area (Å²) in [6.45, 7) is 5.72. The van der Waals surface area contributed by atoms with Gasteiger partial charge >= 0.3 is 0 Å². The standard InChI is InChI=1S/C21H31N3O/c22-21(25)20-4-3-11-24(20)15-17-12-19(13-17)18-7-5-16(6-8-18)14-23-9-1-2-10-23/h5-8,17,19-20H,1-4,9-15H2,(H2,22,25)/t17?,19?,20-/m0/s1. The number of carbonyl (C=O) groups is 1. The maximum absolute atomic E-state index is 11.5. The summed E-state index contributed by atoms with van der Waals surface area (Å²) in [5.74, 6) is 1.30. The van der Waals surface area contributed by atoms with Gasteiger partial charge < -0.3 is 5.73 Å². The molecule has 2 saturated heterocycles. The lowest BCUT2D eigenvalue weighted by molar-refractivity contribution is -0.122. The Morgan fingerprint density at radius 3 is 2.44 bits per heavy atom. The Balaban J connectivity index is 1.25. The minimum Gasteiger partial charge on any atom is -0.368 e. The van der Waals surface area contributed by atoms with E-state index in [2.05, 4.69) is 34.1 Å². The predicted molar refractivity (Wildman–Crippen MR) is 100 cm³/mol. The van der Waals surface area contributed by atoms with Crippen LogP contribution in [0.25, 0.3) is 0 Å². The average molecular weight is 341 g/mol. The molecule has 1 aromatic rings. The van der Waals surface area contributed by atoms with Crippen molar-refractivity contribution in [3.05, 3.63) is 35.4 Å². The van der Waals surface area contributed by atoms with Gasteiger partial charge in [0.05, 0.1) is 6.04 Å². The van der Waals surface area contributed by atoms with Gasteiger partial charge in [-0.25, -0.2) is 0 Å². The molecule has 1 amide bonds. The Morgan fingerprint density at radius 2 is 1.76 bits per heavy atom. The van der Waals surface area contributed by atoms with Crippen molar-refractivity contribution in [2.75, 3.05) is 26.2 Å². The molecule has 0 unspecified atom stereocenters. The molecule has 2 N–H and O–H groups in total. The highest BCUT2D eigenvalue weighted by molar-refractivity contribution is 5.80. The molecule has 4 heteroatoms. The molecule has 0 bridgehead atoms. The number of hydrogen-bond donors (Lipinski definition) is 1. The molecule has 136 valence electrons. The van der Waals surface area contributed by atoms with Gasteiger partial charge in [-0.1, -0.05) is 24.3 Å². The number of benzene rings is 1. The minimum atomic E-state index is -0.137. The van der Waals surface area contributed by atoms with E-state index in [4.69, 9.17) is 5.73 Å². The van der Waals surface area contributed by atoms with E-state index in [0.29, 0.717) is 5.92 Å². The van der Waals surface area contributed by atoms with Crippen molar-refractivity contribution in [2.45, 2.75) is 57.0 Å². The molecule has 2 aliphatic heterocycles. The Morgan fingerprint density at radius 1 is 1.04 bits per heavy atom. The number of hydrogen-bond acceptors (Lipinski definition) is 3. The van der Waals surface area contributed by atoms with Crippen LogP contribution in [0.2, 0.25) is 0 Å². The molecule has 0 spiro atoms. The van der Waals surface area contributed by atoms with Crippen LogP contribution in [0.1, 0.15) is 55.6 Å². The predicted octanol–water partition coefficient (Wildman–Crippen LogP) is 2.73. The van der Waals surface area contributed by atoms with Crippen LogP contribution in [0.5, 0.6) is 0 Å². The molecule has 0 radical (unpaired) electrons. The van der Waals surface area contributed by atoms with Crippen LogP contribution >= 0.6 is 0 Å². The molecule has 2 heterocycles. The van der Waals surface area contributed by atoms with Crippen LogP contribution in [0.15, 0.2) is 24.3 Å². The van der Waals surface area contributed by atoms with Gasteiger partial charge in [-0.2, -0.15) is 0 Å². The van der Waals surface area contributed by atoms with Crippen LogP contribution in [0.3, 0.4) is 0 Å². The molecule has 1 aliphatic carbocycles. The van der Waals surface area contributed by atoms with E-state index in [-0.39, 0.29) is 11.9 Å². The smallest absolute Gasteiger partial charge is 0.234 e. The Kier molecular flexibility index (Phi) is 5.09. The van der Waals surface area contributed by atoms with Crippen molar-refractivity contribution in [1.82, 2.24) is 9.80 Å². The lowest BCUT2D eigenvalue weighted by atomic mass is 9.71. The highest BCUT2D eigenvalue weighted by Crippen LogP contribution is 2.42. The fourth-order valence-corrected chi connectivity index (χ4v) is 4.95. The molecule has 1 atom stereocenters. The third-order valence-corrected chi connectivity index (χ3v) is 6.48. The third kappa shape index (κ3) is 3.90. The summed E-state index contributed by atoms with van der Waals surface area (Å²) in [6, 6.07) is 9.32. The molecule has 4 rings (SSSR count). The monoisotopic (exact) mass is 341 g/mol. The number of primary amides is 1. The molecule has 25 heavy (non-hydrogen) atoms. The van der Waals surface area contributed by atoms with Crippen LogP contribution in [-0.4, -0.2) is 47.9 Å². The summed E-state index contributed by atoms with van der Waals surface area (Å²) in [4.78, 5) is 16.4. The fraction of sp³-hybridized carbons (Fsp3) is 0.667. The van der Waals surface area contributed by atoms with Gasteiger partial charge in [0.2, 0.25) is 5.91 Å². The van der Waals surface area contributed by atoms with Gasteiger partial charge in [-0.3, -0.25) is 14.6 Å². The van der Waals surface area contributed by atoms with Crippen molar-refractivity contribution >= 4 is 5.91 Å². The van der Waals surface area contributed by atoms with Crippen LogP contribution in [0.4, 0.5) is 0 Å². The van der Waals surface area contributed by atoms with Crippen molar-refractivity contribution in [2.24, 2.45) is 11.7 Å². The summed E-state index contributed by atoms with van der Waals surface area (Å²) in [5.41, 5.74) is 8.47. The second kappa shape index (κ2) is 7.46. The van der Waals surface area contributed by atoms with Gasteiger partial charge in [0, 0.05) is 13.1 Å². The molecular formula is C21H31N3O. The largest absolute Gasteiger partial charge is 0.368 e. The Bertz CT molecular complexity index is 588. The number of nitrogens with two attached hydrogens (primary N) is 1. The van der Waals surface area contributed by atoms with Gasteiger partial charge in [0.25, 0.3) is 0 Å². The minimum absolute atomic E-state index is 0.0103. The SMILES string of the molecule is NC(=O)[C@@H]1CCCN1CC1CC(c2ccc(CN3CCCC3)cc2)C1. The highest BCUT2D eigenvalue weighted by atomic mass is 16.1. The fourth-order valence-electron chi connectivity index (χ4n) is 4.95. The summed E-state index contributed by atoms with van der Waals surface area (Å²) < 4.78 is 0. The average Bonchev–Trinajstić information content (AvgIpc) is 3.23. The first-order valence-corrected chi connectivity index (χ1v) is 10.0. The Labute approximate surface area is 151 Å². The van der Waals surface area contributed by atoms with E-state index < -0.39 is 0 Å². The van der Waals surface area contributed by atoms with Crippen LogP contribution in [0, 0.1) is 5.92 Å². The normalized spacial score (nSPS) is 30.5. The molecule has 4 nitrogen and oxygen atoms in total. The quantitative estimate of drug-likeness (QED) is 0.865. The first-order valence-electron chi connectivity index (χ1n) is 10.0. The van der Waals surface area contributed by atoms with Gasteiger partial charge in [-0.15, -0.1) is 0 Å². The number of likely N-dealkylation sites (tertiary alicyclic amines) is 2. The zero-order valence-electron chi connectivity index (χ0n) is 15.2. The van der Waals surface area contributed by atoms with E-state index in [1.165, 1.54) is 49.9 Å². The third-order valence-electron chi connectivity index (χ3n) is 6.48. The van der Waals surface area contributed by atoms with Crippen molar-refractivity contribution < 1.29 is 4.79 Å². The maximum atomic E-state index is 11.5. The number of rotatable bonds is 6. The van der Waals surface area contributed by atoms with E-state index in [1.807, 2.05) is 0 Å². The van der Waals surface area contributed by atoms with Crippen molar-refractivity contribution in [1.29, 1.82) is 0 Å². The zero-order chi connectivity index (χ0) is 17.2. The molecule has 1 aromatic carbocycles. The summed E-state index contributed by atoms with van der Waals surface area (Å²) in [5, 5.41) is 0. The Hall–Kier alpha value is -1.39. The lowest BCUT2D eigenvalue weighted by Crippen LogP contribution is -2.44. The van der Waals surface area contributed by atoms with Crippen LogP contribution in [-0.2, 0) is 11.3 Å². The van der Waals surface area contributed by atoms with Gasteiger partial charge in [0.15, 0.2) is 0 Å². The van der Waals surface area contributed by atoms with Gasteiger partial charge in [0.1, 0.15) is 0 Å². The number of carbonyl (C=O) groups excluding carboxylic acids is 1. The topological polar surface area (TPSA) is 49.6 Å². The van der Waals surface area contributed by atoms with Gasteiger partial charge in [-0.05, 0) is 81.1 Å². The molecule has 3 aliphatic rings. The molecule has 0 aromatic heterocycles. The summed E-state index contributed by atoms with van der Waals surface area (Å²) in [6.07, 6.45) is 7.29. The molecule has 3 fully saturated rings. The van der Waals surface area contributed by atoms with Crippen LogP contribution < -0.4 is 5.73 Å². The highest BCUT2D eigenvalue weighted by Gasteiger charge is 2.36. The molecule has 1 saturated carbocycles. The zero-order valence-corrected chi connectivity index (χ0v) is 15.2. The van der Waals surface area contributed by atoms with Crippen molar-refractivity contribution in [3.8, 4) is 0 Å². The number of amides is 1. The summed E-state index contributed by atoms with van der Waals surface area (Å²) >= 11 is 0. The maximum Gasteiger partial charge on any atom is 0.234 e. The second-order valence-corrected chi connectivity index (χ2v) is 8.31. The van der Waals surface area contributed by atoms with E-state index in [9.17, 15) is 4.79 Å². The number of nitrogens with zero attached hydrogens (tertiary/aromatic N) is 2.